The van der Waals surface area contributed by atoms with Gasteiger partial charge in [0, 0.05) is 17.5 Å². The van der Waals surface area contributed by atoms with Gasteiger partial charge in [-0.25, -0.2) is 0 Å². The summed E-state index contributed by atoms with van der Waals surface area (Å²) in [5, 5.41) is 12.6. The molecular formula is C15H21NO3. The summed E-state index contributed by atoms with van der Waals surface area (Å²) in [4.78, 5) is 11.3. The SMILES string of the molecule is CCCC(NC1c2ccccc2OCC1C)C(=O)O. The first kappa shape index (κ1) is 13.9. The average molecular weight is 263 g/mol. The Kier molecular flexibility index (Phi) is 4.43. The van der Waals surface area contributed by atoms with Gasteiger partial charge in [-0.2, -0.15) is 0 Å². The van der Waals surface area contributed by atoms with Crippen LogP contribution in [-0.4, -0.2) is 23.7 Å². The van der Waals surface area contributed by atoms with Gasteiger partial charge >= 0.3 is 5.97 Å². The van der Waals surface area contributed by atoms with Gasteiger partial charge in [0.1, 0.15) is 11.8 Å². The molecule has 0 saturated heterocycles. The molecule has 0 aromatic heterocycles. The van der Waals surface area contributed by atoms with E-state index in [4.69, 9.17) is 4.74 Å². The van der Waals surface area contributed by atoms with Gasteiger partial charge in [-0.1, -0.05) is 38.5 Å². The Morgan fingerprint density at radius 2 is 2.26 bits per heavy atom. The van der Waals surface area contributed by atoms with E-state index < -0.39 is 12.0 Å². The van der Waals surface area contributed by atoms with Crippen molar-refractivity contribution in [3.63, 3.8) is 0 Å². The number of rotatable bonds is 5. The number of nitrogens with one attached hydrogen (secondary N) is 1. The molecule has 4 heteroatoms. The molecule has 0 amide bonds. The molecule has 0 radical (unpaired) electrons. The zero-order valence-electron chi connectivity index (χ0n) is 11.4. The number of aliphatic carboxylic acids is 1. The lowest BCUT2D eigenvalue weighted by molar-refractivity contribution is -0.140. The molecule has 104 valence electrons. The lowest BCUT2D eigenvalue weighted by atomic mass is 9.91. The number of fused-ring (bicyclic) bond motifs is 1. The highest BCUT2D eigenvalue weighted by molar-refractivity contribution is 5.73. The molecular weight excluding hydrogens is 242 g/mol. The summed E-state index contributed by atoms with van der Waals surface area (Å²) >= 11 is 0. The molecule has 0 saturated carbocycles. The van der Waals surface area contributed by atoms with Crippen LogP contribution in [0.3, 0.4) is 0 Å². The summed E-state index contributed by atoms with van der Waals surface area (Å²) in [6, 6.07) is 7.39. The second-order valence-corrected chi connectivity index (χ2v) is 5.15. The Bertz CT molecular complexity index is 447. The second-order valence-electron chi connectivity index (χ2n) is 5.15. The molecule has 1 aromatic rings. The maximum Gasteiger partial charge on any atom is 0.320 e. The smallest absolute Gasteiger partial charge is 0.320 e. The zero-order chi connectivity index (χ0) is 13.8. The maximum atomic E-state index is 11.3. The average Bonchev–Trinajstić information content (AvgIpc) is 2.40. The van der Waals surface area contributed by atoms with Crippen LogP contribution in [0.5, 0.6) is 5.75 Å². The Morgan fingerprint density at radius 1 is 1.53 bits per heavy atom. The number of para-hydroxylation sites is 1. The van der Waals surface area contributed by atoms with Gasteiger partial charge in [-0.3, -0.25) is 10.1 Å². The van der Waals surface area contributed by atoms with Crippen molar-refractivity contribution >= 4 is 5.97 Å². The van der Waals surface area contributed by atoms with Crippen LogP contribution in [0.2, 0.25) is 0 Å². The molecule has 0 fully saturated rings. The van der Waals surface area contributed by atoms with Crippen LogP contribution in [0, 0.1) is 5.92 Å². The van der Waals surface area contributed by atoms with Crippen LogP contribution in [0.15, 0.2) is 24.3 Å². The zero-order valence-corrected chi connectivity index (χ0v) is 11.4. The summed E-state index contributed by atoms with van der Waals surface area (Å²) in [7, 11) is 0. The number of carboxylic acids is 1. The Labute approximate surface area is 113 Å². The highest BCUT2D eigenvalue weighted by Crippen LogP contribution is 2.35. The lowest BCUT2D eigenvalue weighted by Crippen LogP contribution is -2.43. The molecule has 1 aromatic carbocycles. The molecule has 3 unspecified atom stereocenters. The Morgan fingerprint density at radius 3 is 2.95 bits per heavy atom. The van der Waals surface area contributed by atoms with Crippen molar-refractivity contribution in [2.75, 3.05) is 6.61 Å². The largest absolute Gasteiger partial charge is 0.493 e. The van der Waals surface area contributed by atoms with Crippen LogP contribution in [0.4, 0.5) is 0 Å². The predicted molar refractivity (Wildman–Crippen MR) is 73.3 cm³/mol. The number of hydrogen-bond donors (Lipinski definition) is 2. The molecule has 3 atom stereocenters. The molecule has 2 rings (SSSR count). The number of hydrogen-bond acceptors (Lipinski definition) is 3. The molecule has 1 aliphatic heterocycles. The Hall–Kier alpha value is -1.55. The van der Waals surface area contributed by atoms with Gasteiger partial charge in [0.05, 0.1) is 6.61 Å². The summed E-state index contributed by atoms with van der Waals surface area (Å²) in [6.07, 6.45) is 1.49. The van der Waals surface area contributed by atoms with Gasteiger partial charge in [-0.15, -0.1) is 0 Å². The van der Waals surface area contributed by atoms with E-state index >= 15 is 0 Å². The van der Waals surface area contributed by atoms with Crippen LogP contribution in [0.25, 0.3) is 0 Å². The molecule has 4 nitrogen and oxygen atoms in total. The maximum absolute atomic E-state index is 11.3. The van der Waals surface area contributed by atoms with Crippen LogP contribution < -0.4 is 10.1 Å². The lowest BCUT2D eigenvalue weighted by Gasteiger charge is -2.34. The van der Waals surface area contributed by atoms with E-state index in [1.165, 1.54) is 0 Å². The van der Waals surface area contributed by atoms with Crippen LogP contribution in [-0.2, 0) is 4.79 Å². The fourth-order valence-corrected chi connectivity index (χ4v) is 2.53. The summed E-state index contributed by atoms with van der Waals surface area (Å²) in [5.41, 5.74) is 1.06. The number of ether oxygens (including phenoxy) is 1. The van der Waals surface area contributed by atoms with Crippen LogP contribution in [0.1, 0.15) is 38.3 Å². The van der Waals surface area contributed by atoms with Crippen molar-refractivity contribution < 1.29 is 14.6 Å². The summed E-state index contributed by atoms with van der Waals surface area (Å²) in [6.45, 7) is 4.70. The highest BCUT2D eigenvalue weighted by atomic mass is 16.5. The van der Waals surface area contributed by atoms with Crippen molar-refractivity contribution in [3.8, 4) is 5.75 Å². The molecule has 0 spiro atoms. The van der Waals surface area contributed by atoms with E-state index in [2.05, 4.69) is 12.2 Å². The van der Waals surface area contributed by atoms with Crippen LogP contribution >= 0.6 is 0 Å². The quantitative estimate of drug-likeness (QED) is 0.857. The monoisotopic (exact) mass is 263 g/mol. The fraction of sp³-hybridized carbons (Fsp3) is 0.533. The minimum atomic E-state index is -0.780. The third-order valence-corrected chi connectivity index (χ3v) is 3.58. The molecule has 19 heavy (non-hydrogen) atoms. The van der Waals surface area contributed by atoms with Crippen molar-refractivity contribution in [1.29, 1.82) is 0 Å². The van der Waals surface area contributed by atoms with E-state index in [9.17, 15) is 9.90 Å². The van der Waals surface area contributed by atoms with Gasteiger partial charge in [0.2, 0.25) is 0 Å². The number of benzene rings is 1. The van der Waals surface area contributed by atoms with Crippen molar-refractivity contribution in [2.45, 2.75) is 38.8 Å². The second kappa shape index (κ2) is 6.06. The minimum absolute atomic E-state index is 0.0394. The fourth-order valence-electron chi connectivity index (χ4n) is 2.53. The van der Waals surface area contributed by atoms with E-state index in [0.29, 0.717) is 13.0 Å². The van der Waals surface area contributed by atoms with Gasteiger partial charge in [-0.05, 0) is 12.5 Å². The third kappa shape index (κ3) is 3.07. The van der Waals surface area contributed by atoms with Crippen molar-refractivity contribution in [1.82, 2.24) is 5.32 Å². The molecule has 0 bridgehead atoms. The summed E-state index contributed by atoms with van der Waals surface area (Å²) < 4.78 is 5.68. The predicted octanol–water partition coefficient (Wildman–Crippen LogP) is 2.60. The molecule has 1 aliphatic rings. The first-order chi connectivity index (χ1) is 9.13. The Balaban J connectivity index is 2.20. The van der Waals surface area contributed by atoms with Crippen molar-refractivity contribution in [3.05, 3.63) is 29.8 Å². The minimum Gasteiger partial charge on any atom is -0.493 e. The van der Waals surface area contributed by atoms with Crippen molar-refractivity contribution in [2.24, 2.45) is 5.92 Å². The van der Waals surface area contributed by atoms with E-state index in [-0.39, 0.29) is 12.0 Å². The number of carboxylic acid groups (broad SMARTS) is 1. The van der Waals surface area contributed by atoms with Gasteiger partial charge < -0.3 is 9.84 Å². The topological polar surface area (TPSA) is 58.6 Å². The number of carbonyl (C=O) groups is 1. The van der Waals surface area contributed by atoms with E-state index in [1.807, 2.05) is 31.2 Å². The molecule has 2 N–H and O–H groups in total. The van der Waals surface area contributed by atoms with E-state index in [1.54, 1.807) is 0 Å². The summed E-state index contributed by atoms with van der Waals surface area (Å²) in [5.74, 6) is 0.338. The molecule has 1 heterocycles. The third-order valence-electron chi connectivity index (χ3n) is 3.58. The molecule has 0 aliphatic carbocycles. The first-order valence-electron chi connectivity index (χ1n) is 6.84. The highest BCUT2D eigenvalue weighted by Gasteiger charge is 2.31. The van der Waals surface area contributed by atoms with Gasteiger partial charge in [0.25, 0.3) is 0 Å². The van der Waals surface area contributed by atoms with E-state index in [0.717, 1.165) is 17.7 Å². The first-order valence-corrected chi connectivity index (χ1v) is 6.84. The van der Waals surface area contributed by atoms with Gasteiger partial charge in [0.15, 0.2) is 0 Å². The standard InChI is InChI=1S/C15H21NO3/c1-3-6-12(15(17)18)16-14-10(2)9-19-13-8-5-4-7-11(13)14/h4-5,7-8,10,12,14,16H,3,6,9H2,1-2H3,(H,17,18). The normalized spacial score (nSPS) is 23.3.